The van der Waals surface area contributed by atoms with E-state index in [0.29, 0.717) is 27.8 Å². The van der Waals surface area contributed by atoms with Crippen LogP contribution in [0.2, 0.25) is 5.02 Å². The molecule has 4 aromatic rings. The van der Waals surface area contributed by atoms with Crippen LogP contribution < -0.4 is 10.1 Å². The average Bonchev–Trinajstić information content (AvgIpc) is 3.17. The van der Waals surface area contributed by atoms with Crippen LogP contribution >= 0.6 is 11.6 Å². The molecule has 0 saturated carbocycles. The van der Waals surface area contributed by atoms with E-state index in [9.17, 15) is 9.18 Å². The molecule has 1 atom stereocenters. The van der Waals surface area contributed by atoms with Gasteiger partial charge in [-0.1, -0.05) is 23.7 Å². The highest BCUT2D eigenvalue weighted by atomic mass is 35.5. The summed E-state index contributed by atoms with van der Waals surface area (Å²) in [6.45, 7) is 1.38. The van der Waals surface area contributed by atoms with Crippen LogP contribution in [0.25, 0.3) is 22.4 Å². The molecule has 1 aromatic carbocycles. The van der Waals surface area contributed by atoms with Crippen molar-refractivity contribution in [2.24, 2.45) is 0 Å². The SMILES string of the molecule is C[C@H](Nc1nc(-c2c[nH]c3ncc(Cl)cc23)ncc1F)c1cccc(OCC(=O)O)c1.[HH].[HH].[HH]. The van der Waals surface area contributed by atoms with Gasteiger partial charge in [0, 0.05) is 27.6 Å². The van der Waals surface area contributed by atoms with Crippen molar-refractivity contribution >= 4 is 34.4 Å². The third kappa shape index (κ3) is 4.56. The molecule has 0 fully saturated rings. The van der Waals surface area contributed by atoms with E-state index in [-0.39, 0.29) is 16.1 Å². The number of aliphatic carboxylic acids is 1. The fourth-order valence-electron chi connectivity index (χ4n) is 3.07. The number of aromatic nitrogens is 4. The number of H-pyrrole nitrogens is 1. The third-order valence-corrected chi connectivity index (χ3v) is 4.76. The van der Waals surface area contributed by atoms with Crippen LogP contribution in [0, 0.1) is 5.82 Å². The summed E-state index contributed by atoms with van der Waals surface area (Å²) in [6.07, 6.45) is 4.32. The molecular weight excluding hydrogens is 425 g/mol. The van der Waals surface area contributed by atoms with Crippen molar-refractivity contribution in [2.75, 3.05) is 11.9 Å². The Bertz CT molecular complexity index is 1280. The number of pyridine rings is 1. The highest BCUT2D eigenvalue weighted by molar-refractivity contribution is 6.31. The molecule has 0 unspecified atom stereocenters. The lowest BCUT2D eigenvalue weighted by Crippen LogP contribution is -2.12. The molecule has 31 heavy (non-hydrogen) atoms. The number of fused-ring (bicyclic) bond motifs is 1. The highest BCUT2D eigenvalue weighted by Gasteiger charge is 2.16. The number of nitrogens with one attached hydrogen (secondary N) is 2. The van der Waals surface area contributed by atoms with E-state index in [1.54, 1.807) is 30.5 Å². The molecule has 0 aliphatic heterocycles. The van der Waals surface area contributed by atoms with E-state index in [1.807, 2.05) is 13.0 Å². The number of carbonyl (C=O) groups is 1. The molecule has 0 spiro atoms. The van der Waals surface area contributed by atoms with Gasteiger partial charge in [-0.3, -0.25) is 0 Å². The van der Waals surface area contributed by atoms with Crippen molar-refractivity contribution in [1.82, 2.24) is 19.9 Å². The molecule has 3 N–H and O–H groups in total. The highest BCUT2D eigenvalue weighted by Crippen LogP contribution is 2.29. The zero-order chi connectivity index (χ0) is 22.0. The predicted octanol–water partition coefficient (Wildman–Crippen LogP) is 5.19. The predicted molar refractivity (Wildman–Crippen MR) is 120 cm³/mol. The lowest BCUT2D eigenvalue weighted by atomic mass is 10.1. The van der Waals surface area contributed by atoms with Gasteiger partial charge >= 0.3 is 5.97 Å². The van der Waals surface area contributed by atoms with Gasteiger partial charge in [0.2, 0.25) is 0 Å². The summed E-state index contributed by atoms with van der Waals surface area (Å²) in [5, 5.41) is 13.0. The van der Waals surface area contributed by atoms with Gasteiger partial charge in [0.05, 0.1) is 17.3 Å². The number of nitrogens with zero attached hydrogens (tertiary/aromatic N) is 3. The molecule has 0 radical (unpaired) electrons. The smallest absolute Gasteiger partial charge is 0.341 e. The van der Waals surface area contributed by atoms with Crippen LogP contribution in [0.5, 0.6) is 5.75 Å². The number of carboxylic acid groups (broad SMARTS) is 1. The minimum atomic E-state index is -1.07. The Hall–Kier alpha value is -3.72. The maximum absolute atomic E-state index is 14.4. The van der Waals surface area contributed by atoms with E-state index in [4.69, 9.17) is 21.4 Å². The fraction of sp³-hybridized carbons (Fsp3) is 0.143. The number of halogens is 2. The molecule has 164 valence electrons. The van der Waals surface area contributed by atoms with Crippen LogP contribution in [0.1, 0.15) is 22.8 Å². The van der Waals surface area contributed by atoms with Gasteiger partial charge in [-0.25, -0.2) is 24.1 Å². The Morgan fingerprint density at radius 3 is 3.00 bits per heavy atom. The number of hydrogen-bond acceptors (Lipinski definition) is 6. The molecule has 0 amide bonds. The van der Waals surface area contributed by atoms with E-state index < -0.39 is 18.4 Å². The Morgan fingerprint density at radius 2 is 2.19 bits per heavy atom. The summed E-state index contributed by atoms with van der Waals surface area (Å²) in [6, 6.07) is 8.28. The number of rotatable bonds is 7. The first-order valence-corrected chi connectivity index (χ1v) is 9.65. The Kier molecular flexibility index (Phi) is 5.68. The molecule has 0 aliphatic rings. The van der Waals surface area contributed by atoms with Gasteiger partial charge in [0.15, 0.2) is 24.1 Å². The monoisotopic (exact) mass is 447 g/mol. The molecule has 0 aliphatic carbocycles. The van der Waals surface area contributed by atoms with E-state index in [1.165, 1.54) is 6.20 Å². The number of anilines is 1. The summed E-state index contributed by atoms with van der Waals surface area (Å²) in [7, 11) is 0. The summed E-state index contributed by atoms with van der Waals surface area (Å²) in [5.41, 5.74) is 2.03. The van der Waals surface area contributed by atoms with E-state index in [0.717, 1.165) is 17.1 Å². The van der Waals surface area contributed by atoms with Crippen molar-refractivity contribution in [3.05, 3.63) is 65.3 Å². The molecule has 4 rings (SSSR count). The van der Waals surface area contributed by atoms with Gasteiger partial charge < -0.3 is 20.1 Å². The number of carboxylic acids is 1. The van der Waals surface area contributed by atoms with Gasteiger partial charge in [-0.2, -0.15) is 0 Å². The van der Waals surface area contributed by atoms with Gasteiger partial charge in [-0.05, 0) is 30.7 Å². The lowest BCUT2D eigenvalue weighted by molar-refractivity contribution is -0.139. The standard InChI is InChI=1S/C21H17ClFN5O3.3H2/c1-11(12-3-2-4-14(5-12)31-10-18(29)30)27-21-17(23)9-26-20(28-21)16-8-25-19-15(16)6-13(22)7-24-19;;;/h2-9,11H,10H2,1H3,(H,24,25)(H,29,30)(H,26,27,28);3*1H/t11-;;;/m0.../s1. The van der Waals surface area contributed by atoms with Crippen molar-refractivity contribution < 1.29 is 23.3 Å². The van der Waals surface area contributed by atoms with Crippen molar-refractivity contribution in [3.63, 3.8) is 0 Å². The topological polar surface area (TPSA) is 113 Å². The van der Waals surface area contributed by atoms with E-state index >= 15 is 0 Å². The summed E-state index contributed by atoms with van der Waals surface area (Å²) >= 11 is 6.05. The summed E-state index contributed by atoms with van der Waals surface area (Å²) < 4.78 is 19.6. The second-order valence-corrected chi connectivity index (χ2v) is 7.20. The Balaban J connectivity index is 0.00000193. The second-order valence-electron chi connectivity index (χ2n) is 6.76. The maximum atomic E-state index is 14.4. The molecule has 3 heterocycles. The minimum Gasteiger partial charge on any atom is -0.482 e. The molecule has 10 heteroatoms. The fourth-order valence-corrected chi connectivity index (χ4v) is 3.23. The van der Waals surface area contributed by atoms with Gasteiger partial charge in [-0.15, -0.1) is 0 Å². The molecule has 3 aromatic heterocycles. The number of ether oxygens (including phenoxy) is 1. The second kappa shape index (κ2) is 8.57. The summed E-state index contributed by atoms with van der Waals surface area (Å²) in [5.74, 6) is -0.935. The first kappa shape index (κ1) is 20.5. The maximum Gasteiger partial charge on any atom is 0.341 e. The number of hydrogen-bond donors (Lipinski definition) is 3. The third-order valence-electron chi connectivity index (χ3n) is 4.56. The molecule has 0 bridgehead atoms. The van der Waals surface area contributed by atoms with Crippen LogP contribution in [0.15, 0.2) is 48.9 Å². The minimum absolute atomic E-state index is 0. The first-order valence-electron chi connectivity index (χ1n) is 9.27. The van der Waals surface area contributed by atoms with Crippen LogP contribution in [0.4, 0.5) is 10.2 Å². The van der Waals surface area contributed by atoms with Crippen molar-refractivity contribution in [1.29, 1.82) is 0 Å². The first-order chi connectivity index (χ1) is 14.9. The molecule has 8 nitrogen and oxygen atoms in total. The van der Waals surface area contributed by atoms with Crippen LogP contribution in [-0.4, -0.2) is 37.6 Å². The largest absolute Gasteiger partial charge is 0.482 e. The van der Waals surface area contributed by atoms with Gasteiger partial charge in [0.25, 0.3) is 0 Å². The number of aromatic amines is 1. The molecule has 0 saturated heterocycles. The summed E-state index contributed by atoms with van der Waals surface area (Å²) in [4.78, 5) is 26.4. The zero-order valence-electron chi connectivity index (χ0n) is 16.3. The zero-order valence-corrected chi connectivity index (χ0v) is 17.0. The number of benzene rings is 1. The van der Waals surface area contributed by atoms with Crippen molar-refractivity contribution in [3.8, 4) is 17.1 Å². The van der Waals surface area contributed by atoms with Gasteiger partial charge in [0.1, 0.15) is 11.4 Å². The normalized spacial score (nSPS) is 12.0. The van der Waals surface area contributed by atoms with Crippen LogP contribution in [0.3, 0.4) is 0 Å². The Labute approximate surface area is 185 Å². The quantitative estimate of drug-likeness (QED) is 0.357. The molecular formula is C21H23ClFN5O3. The average molecular weight is 448 g/mol. The van der Waals surface area contributed by atoms with Crippen molar-refractivity contribution in [2.45, 2.75) is 13.0 Å². The lowest BCUT2D eigenvalue weighted by Gasteiger charge is -2.16. The Morgan fingerprint density at radius 1 is 1.35 bits per heavy atom. The van der Waals surface area contributed by atoms with Crippen LogP contribution in [-0.2, 0) is 4.79 Å². The van der Waals surface area contributed by atoms with E-state index in [2.05, 4.69) is 25.3 Å².